The van der Waals surface area contributed by atoms with E-state index in [4.69, 9.17) is 4.74 Å². The van der Waals surface area contributed by atoms with Crippen LogP contribution in [0.4, 0.5) is 9.80 Å². The van der Waals surface area contributed by atoms with Crippen LogP contribution in [0.25, 0.3) is 0 Å². The molecule has 0 radical (unpaired) electrons. The number of hydrogen-bond donors (Lipinski definition) is 1. The maximum absolute atomic E-state index is 12.3. The second kappa shape index (κ2) is 7.15. The number of amides is 2. The average molecular weight is 311 g/mol. The van der Waals surface area contributed by atoms with E-state index in [0.717, 1.165) is 39.2 Å². The van der Waals surface area contributed by atoms with E-state index in [0.29, 0.717) is 11.5 Å². The number of nitrogens with zero attached hydrogens (tertiary/aromatic N) is 4. The smallest absolute Gasteiger partial charge is 0.322 e. The minimum Gasteiger partial charge on any atom is -0.375 e. The number of ether oxygens (including phenoxy) is 1. The number of anilines is 1. The van der Waals surface area contributed by atoms with Crippen molar-refractivity contribution < 1.29 is 9.53 Å². The number of likely N-dealkylation sites (tertiary alicyclic amines) is 1. The molecule has 1 atom stereocenters. The molecule has 0 unspecified atom stereocenters. The standard InChI is InChI=1S/C13H21N5O2S/c19-13(15-12-8-14-16-21-12)18-6-3-7-20-11(10-18)9-17-4-1-2-5-17/h8,11H,1-7,9-10H2,(H,15,19)/t11-/m1/s1. The van der Waals surface area contributed by atoms with Crippen LogP contribution < -0.4 is 5.32 Å². The van der Waals surface area contributed by atoms with Crippen LogP contribution in [0.3, 0.4) is 0 Å². The fourth-order valence-corrected chi connectivity index (χ4v) is 3.26. The highest BCUT2D eigenvalue weighted by atomic mass is 32.1. The lowest BCUT2D eigenvalue weighted by Crippen LogP contribution is -2.43. The Bertz CT molecular complexity index is 449. The van der Waals surface area contributed by atoms with Gasteiger partial charge in [0.05, 0.1) is 12.3 Å². The molecule has 8 heteroatoms. The summed E-state index contributed by atoms with van der Waals surface area (Å²) in [6.07, 6.45) is 5.10. The first-order valence-electron chi connectivity index (χ1n) is 7.48. The van der Waals surface area contributed by atoms with Gasteiger partial charge in [0.1, 0.15) is 5.00 Å². The van der Waals surface area contributed by atoms with Crippen molar-refractivity contribution >= 4 is 22.6 Å². The van der Waals surface area contributed by atoms with Crippen molar-refractivity contribution in [3.63, 3.8) is 0 Å². The van der Waals surface area contributed by atoms with Gasteiger partial charge < -0.3 is 14.5 Å². The Morgan fingerprint density at radius 2 is 2.24 bits per heavy atom. The van der Waals surface area contributed by atoms with E-state index < -0.39 is 0 Å². The summed E-state index contributed by atoms with van der Waals surface area (Å²) >= 11 is 1.19. The van der Waals surface area contributed by atoms with Gasteiger partial charge in [0.2, 0.25) is 0 Å². The number of hydrogen-bond acceptors (Lipinski definition) is 6. The largest absolute Gasteiger partial charge is 0.375 e. The van der Waals surface area contributed by atoms with E-state index in [1.54, 1.807) is 6.20 Å². The predicted molar refractivity (Wildman–Crippen MR) is 80.5 cm³/mol. The van der Waals surface area contributed by atoms with Crippen LogP contribution in [0.2, 0.25) is 0 Å². The van der Waals surface area contributed by atoms with Crippen molar-refractivity contribution in [2.45, 2.75) is 25.4 Å². The summed E-state index contributed by atoms with van der Waals surface area (Å²) in [5.74, 6) is 0. The Labute approximate surface area is 128 Å². The normalized spacial score (nSPS) is 24.0. The summed E-state index contributed by atoms with van der Waals surface area (Å²) in [7, 11) is 0. The van der Waals surface area contributed by atoms with E-state index in [9.17, 15) is 4.79 Å². The summed E-state index contributed by atoms with van der Waals surface area (Å²) in [5.41, 5.74) is 0. The lowest BCUT2D eigenvalue weighted by molar-refractivity contribution is 0.0355. The summed E-state index contributed by atoms with van der Waals surface area (Å²) in [6.45, 7) is 5.33. The Hall–Kier alpha value is -1.25. The number of carbonyl (C=O) groups is 1. The summed E-state index contributed by atoms with van der Waals surface area (Å²) in [5, 5.41) is 7.25. The maximum Gasteiger partial charge on any atom is 0.322 e. The van der Waals surface area contributed by atoms with Crippen molar-refractivity contribution in [1.29, 1.82) is 0 Å². The van der Waals surface area contributed by atoms with Gasteiger partial charge in [-0.3, -0.25) is 5.32 Å². The zero-order valence-corrected chi connectivity index (χ0v) is 12.8. The first-order valence-corrected chi connectivity index (χ1v) is 8.26. The minimum absolute atomic E-state index is 0.0852. The molecule has 0 saturated carbocycles. The zero-order valence-electron chi connectivity index (χ0n) is 12.0. The fourth-order valence-electron chi connectivity index (χ4n) is 2.85. The van der Waals surface area contributed by atoms with Crippen LogP contribution in [-0.2, 0) is 4.74 Å². The monoisotopic (exact) mass is 311 g/mol. The van der Waals surface area contributed by atoms with Crippen molar-refractivity contribution in [1.82, 2.24) is 19.4 Å². The first-order chi connectivity index (χ1) is 10.3. The minimum atomic E-state index is -0.0852. The molecular formula is C13H21N5O2S. The third kappa shape index (κ3) is 4.12. The van der Waals surface area contributed by atoms with Gasteiger partial charge in [0.15, 0.2) is 0 Å². The topological polar surface area (TPSA) is 70.6 Å². The molecule has 0 spiro atoms. The number of carbonyl (C=O) groups excluding carboxylic acids is 1. The number of rotatable bonds is 3. The van der Waals surface area contributed by atoms with Crippen molar-refractivity contribution in [3.05, 3.63) is 6.20 Å². The SMILES string of the molecule is O=C(Nc1cnns1)N1CCCO[C@H](CN2CCCC2)C1. The molecular weight excluding hydrogens is 290 g/mol. The average Bonchev–Trinajstić information content (AvgIpc) is 3.10. The van der Waals surface area contributed by atoms with E-state index in [-0.39, 0.29) is 12.1 Å². The second-order valence-corrected chi connectivity index (χ2v) is 6.30. The molecule has 2 fully saturated rings. The molecule has 3 heterocycles. The van der Waals surface area contributed by atoms with Gasteiger partial charge in [-0.15, -0.1) is 5.10 Å². The molecule has 2 aliphatic rings. The van der Waals surface area contributed by atoms with Crippen LogP contribution >= 0.6 is 11.5 Å². The molecule has 2 saturated heterocycles. The Balaban J connectivity index is 1.54. The molecule has 116 valence electrons. The van der Waals surface area contributed by atoms with Crippen LogP contribution in [0.15, 0.2) is 6.20 Å². The summed E-state index contributed by atoms with van der Waals surface area (Å²) in [6, 6.07) is -0.0852. The highest BCUT2D eigenvalue weighted by Crippen LogP contribution is 2.15. The molecule has 0 aliphatic carbocycles. The molecule has 21 heavy (non-hydrogen) atoms. The van der Waals surface area contributed by atoms with Gasteiger partial charge in [0, 0.05) is 37.8 Å². The summed E-state index contributed by atoms with van der Waals surface area (Å²) in [4.78, 5) is 16.6. The fraction of sp³-hybridized carbons (Fsp3) is 0.769. The lowest BCUT2D eigenvalue weighted by atomic mass is 10.3. The van der Waals surface area contributed by atoms with E-state index >= 15 is 0 Å². The molecule has 7 nitrogen and oxygen atoms in total. The summed E-state index contributed by atoms with van der Waals surface area (Å²) < 4.78 is 9.64. The molecule has 2 amide bonds. The molecule has 1 aromatic rings. The number of aromatic nitrogens is 2. The van der Waals surface area contributed by atoms with E-state index in [1.165, 1.54) is 24.4 Å². The number of nitrogens with one attached hydrogen (secondary N) is 1. The lowest BCUT2D eigenvalue weighted by Gasteiger charge is -2.26. The molecule has 3 rings (SSSR count). The molecule has 2 aliphatic heterocycles. The van der Waals surface area contributed by atoms with Gasteiger partial charge in [-0.25, -0.2) is 4.79 Å². The molecule has 1 aromatic heterocycles. The van der Waals surface area contributed by atoms with Gasteiger partial charge in [-0.2, -0.15) is 0 Å². The Morgan fingerprint density at radius 1 is 1.38 bits per heavy atom. The predicted octanol–water partition coefficient (Wildman–Crippen LogP) is 1.26. The quantitative estimate of drug-likeness (QED) is 0.910. The highest BCUT2D eigenvalue weighted by Gasteiger charge is 2.25. The van der Waals surface area contributed by atoms with Crippen LogP contribution in [0.5, 0.6) is 0 Å². The van der Waals surface area contributed by atoms with Crippen LogP contribution in [0, 0.1) is 0 Å². The van der Waals surface area contributed by atoms with Gasteiger partial charge >= 0.3 is 6.03 Å². The van der Waals surface area contributed by atoms with E-state index in [2.05, 4.69) is 19.8 Å². The van der Waals surface area contributed by atoms with Crippen LogP contribution in [0.1, 0.15) is 19.3 Å². The second-order valence-electron chi connectivity index (χ2n) is 5.51. The van der Waals surface area contributed by atoms with Gasteiger partial charge in [-0.05, 0) is 32.4 Å². The Kier molecular flexibility index (Phi) is 5.00. The number of urea groups is 1. The van der Waals surface area contributed by atoms with Crippen molar-refractivity contribution in [3.8, 4) is 0 Å². The first kappa shape index (κ1) is 14.7. The molecule has 0 bridgehead atoms. The zero-order chi connectivity index (χ0) is 14.5. The third-order valence-electron chi connectivity index (χ3n) is 3.89. The van der Waals surface area contributed by atoms with Crippen LogP contribution in [-0.4, -0.2) is 70.9 Å². The van der Waals surface area contributed by atoms with Gasteiger partial charge in [0.25, 0.3) is 0 Å². The maximum atomic E-state index is 12.3. The highest BCUT2D eigenvalue weighted by molar-refractivity contribution is 7.10. The van der Waals surface area contributed by atoms with Gasteiger partial charge in [-0.1, -0.05) is 4.49 Å². The van der Waals surface area contributed by atoms with E-state index in [1.807, 2.05) is 4.90 Å². The molecule has 0 aromatic carbocycles. The Morgan fingerprint density at radius 3 is 3.00 bits per heavy atom. The molecule has 1 N–H and O–H groups in total. The third-order valence-corrected chi connectivity index (χ3v) is 4.47. The van der Waals surface area contributed by atoms with Crippen molar-refractivity contribution in [2.75, 3.05) is 44.6 Å². The van der Waals surface area contributed by atoms with Crippen molar-refractivity contribution in [2.24, 2.45) is 0 Å².